The molecule has 0 spiro atoms. The van der Waals surface area contributed by atoms with Crippen LogP contribution in [0.25, 0.3) is 11.4 Å². The summed E-state index contributed by atoms with van der Waals surface area (Å²) in [7, 11) is 1.27. The molecule has 0 aliphatic carbocycles. The quantitative estimate of drug-likeness (QED) is 0.371. The van der Waals surface area contributed by atoms with Gasteiger partial charge in [-0.1, -0.05) is 11.6 Å². The average molecular weight is 528 g/mol. The Hall–Kier alpha value is -3.29. The van der Waals surface area contributed by atoms with E-state index in [1.165, 1.54) is 7.05 Å². The highest BCUT2D eigenvalue weighted by molar-refractivity contribution is 6.31. The van der Waals surface area contributed by atoms with Crippen molar-refractivity contribution in [2.75, 3.05) is 17.3 Å². The monoisotopic (exact) mass is 527 g/mol. The first kappa shape index (κ1) is 24.8. The molecule has 0 fully saturated rings. The predicted octanol–water partition coefficient (Wildman–Crippen LogP) is 6.81. The van der Waals surface area contributed by atoms with E-state index in [2.05, 4.69) is 20.3 Å². The Morgan fingerprint density at radius 1 is 0.886 bits per heavy atom. The van der Waals surface area contributed by atoms with E-state index >= 15 is 0 Å². The summed E-state index contributed by atoms with van der Waals surface area (Å²) in [6, 6.07) is 3.82. The number of benzene rings is 1. The molecule has 35 heavy (non-hydrogen) atoms. The number of nitrogens with one attached hydrogen (secondary N) is 1. The molecule has 1 aliphatic rings. The molecule has 0 saturated carbocycles. The molecule has 3 aromatic rings. The van der Waals surface area contributed by atoms with Gasteiger partial charge in [0.15, 0.2) is 17.3 Å². The van der Waals surface area contributed by atoms with Crippen LogP contribution in [0.15, 0.2) is 36.5 Å². The summed E-state index contributed by atoms with van der Waals surface area (Å²) in [6.07, 6.45) is -15.1. The predicted molar refractivity (Wildman–Crippen MR) is 106 cm³/mol. The fourth-order valence-corrected chi connectivity index (χ4v) is 3.66. The maximum absolute atomic E-state index is 13.8. The van der Waals surface area contributed by atoms with Crippen molar-refractivity contribution in [1.29, 1.82) is 0 Å². The number of fused-ring (bicyclic) bond motifs is 1. The summed E-state index contributed by atoms with van der Waals surface area (Å²) in [6.45, 7) is 0. The average Bonchev–Trinajstić information content (AvgIpc) is 3.07. The second-order valence-electron chi connectivity index (χ2n) is 7.41. The molecule has 1 unspecified atom stereocenters. The highest BCUT2D eigenvalue weighted by Crippen LogP contribution is 2.47. The minimum absolute atomic E-state index is 0.149. The van der Waals surface area contributed by atoms with Crippen molar-refractivity contribution < 1.29 is 39.5 Å². The fraction of sp³-hybridized carbons (Fsp3) is 0.250. The van der Waals surface area contributed by atoms with Crippen LogP contribution in [0.1, 0.15) is 28.7 Å². The molecule has 3 heterocycles. The van der Waals surface area contributed by atoms with E-state index in [1.807, 2.05) is 0 Å². The van der Waals surface area contributed by atoms with Gasteiger partial charge in [0.2, 0.25) is 0 Å². The number of hydrogen-bond acceptors (Lipinski definition) is 5. The van der Waals surface area contributed by atoms with Gasteiger partial charge in [-0.05, 0) is 30.3 Å². The summed E-state index contributed by atoms with van der Waals surface area (Å²) < 4.78 is 119. The third-order valence-corrected chi connectivity index (χ3v) is 5.44. The van der Waals surface area contributed by atoms with Gasteiger partial charge < -0.3 is 10.2 Å². The largest absolute Gasteiger partial charge is 0.435 e. The highest BCUT2D eigenvalue weighted by atomic mass is 35.5. The fourth-order valence-electron chi connectivity index (χ4n) is 3.44. The molecule has 4 rings (SSSR count). The van der Waals surface area contributed by atoms with Gasteiger partial charge in [0.25, 0.3) is 0 Å². The Morgan fingerprint density at radius 2 is 1.57 bits per heavy atom. The highest BCUT2D eigenvalue weighted by Gasteiger charge is 2.43. The lowest BCUT2D eigenvalue weighted by Gasteiger charge is -2.23. The number of hydrogen-bond donors (Lipinski definition) is 1. The van der Waals surface area contributed by atoms with E-state index in [9.17, 15) is 39.5 Å². The van der Waals surface area contributed by atoms with Crippen molar-refractivity contribution >= 4 is 23.1 Å². The van der Waals surface area contributed by atoms with Crippen molar-refractivity contribution in [3.8, 4) is 11.4 Å². The van der Waals surface area contributed by atoms with Gasteiger partial charge >= 0.3 is 18.5 Å². The summed E-state index contributed by atoms with van der Waals surface area (Å²) in [5.41, 5.74) is -4.83. The first-order valence-corrected chi connectivity index (χ1v) is 9.84. The van der Waals surface area contributed by atoms with Crippen molar-refractivity contribution in [2.45, 2.75) is 24.7 Å². The molecule has 1 aromatic carbocycles. The minimum atomic E-state index is -5.04. The number of anilines is 2. The van der Waals surface area contributed by atoms with Gasteiger partial charge in [-0.3, -0.25) is 4.98 Å². The third kappa shape index (κ3) is 4.66. The van der Waals surface area contributed by atoms with Gasteiger partial charge in [-0.2, -0.15) is 39.5 Å². The molecule has 15 heteroatoms. The van der Waals surface area contributed by atoms with Crippen molar-refractivity contribution in [1.82, 2.24) is 15.0 Å². The number of nitrogens with zero attached hydrogens (tertiary/aromatic N) is 4. The SMILES string of the molecule is CN1c2nc(-c3ccc(C(F)(F)F)nc3)nc(C(F)(F)F)c2NC1c1cc(C(F)(F)F)ccc1Cl. The van der Waals surface area contributed by atoms with Gasteiger partial charge in [0.05, 0.1) is 5.56 Å². The smallest absolute Gasteiger partial charge is 0.357 e. The summed E-state index contributed by atoms with van der Waals surface area (Å²) >= 11 is 6.05. The van der Waals surface area contributed by atoms with E-state index in [1.54, 1.807) is 0 Å². The number of pyridine rings is 1. The summed E-state index contributed by atoms with van der Waals surface area (Å²) in [5.74, 6) is -0.928. The molecule has 0 saturated heterocycles. The van der Waals surface area contributed by atoms with Crippen LogP contribution in [0.3, 0.4) is 0 Å². The molecule has 5 nitrogen and oxygen atoms in total. The lowest BCUT2D eigenvalue weighted by atomic mass is 10.1. The molecule has 0 amide bonds. The lowest BCUT2D eigenvalue weighted by Crippen LogP contribution is -2.25. The molecule has 1 N–H and O–H groups in total. The molecule has 0 radical (unpaired) electrons. The normalized spacial score (nSPS) is 16.3. The molecule has 1 aliphatic heterocycles. The zero-order valence-corrected chi connectivity index (χ0v) is 17.9. The molecule has 2 aromatic heterocycles. The van der Waals surface area contributed by atoms with Crippen LogP contribution in [0.2, 0.25) is 5.02 Å². The van der Waals surface area contributed by atoms with E-state index < -0.39 is 53.2 Å². The Bertz CT molecular complexity index is 1270. The van der Waals surface area contributed by atoms with Gasteiger partial charge in [-0.25, -0.2) is 9.97 Å². The van der Waals surface area contributed by atoms with Crippen LogP contribution in [-0.4, -0.2) is 22.0 Å². The second kappa shape index (κ2) is 8.14. The van der Waals surface area contributed by atoms with Crippen LogP contribution in [0.4, 0.5) is 51.0 Å². The Balaban J connectivity index is 1.82. The second-order valence-corrected chi connectivity index (χ2v) is 7.82. The van der Waals surface area contributed by atoms with Crippen molar-refractivity contribution in [3.63, 3.8) is 0 Å². The Kier molecular flexibility index (Phi) is 5.77. The van der Waals surface area contributed by atoms with Gasteiger partial charge in [0, 0.05) is 29.4 Å². The first-order valence-electron chi connectivity index (χ1n) is 9.46. The van der Waals surface area contributed by atoms with Crippen LogP contribution >= 0.6 is 11.6 Å². The first-order chi connectivity index (χ1) is 16.1. The molecular formula is C20H11ClF9N5. The number of rotatable bonds is 2. The number of alkyl halides is 9. The molecule has 186 valence electrons. The number of aromatic nitrogens is 3. The maximum Gasteiger partial charge on any atom is 0.435 e. The van der Waals surface area contributed by atoms with Crippen molar-refractivity contribution in [3.05, 3.63) is 64.1 Å². The molecule has 0 bridgehead atoms. The van der Waals surface area contributed by atoms with Crippen LogP contribution < -0.4 is 10.2 Å². The lowest BCUT2D eigenvalue weighted by molar-refractivity contribution is -0.141. The summed E-state index contributed by atoms with van der Waals surface area (Å²) in [5, 5.41) is 2.32. The minimum Gasteiger partial charge on any atom is -0.357 e. The van der Waals surface area contributed by atoms with E-state index in [0.717, 1.165) is 23.1 Å². The van der Waals surface area contributed by atoms with Crippen LogP contribution in [0, 0.1) is 0 Å². The zero-order valence-electron chi connectivity index (χ0n) is 17.1. The van der Waals surface area contributed by atoms with Gasteiger partial charge in [-0.15, -0.1) is 0 Å². The standard InChI is InChI=1S/C20H11ClF9N5/c1-35-16(10-6-9(18(22,23)24)3-4-11(10)21)32-13-14(20(28,29)30)33-15(34-17(13)35)8-2-5-12(31-7-8)19(25,26)27/h2-7,16,32H,1H3. The molecule has 1 atom stereocenters. The zero-order chi connectivity index (χ0) is 25.9. The topological polar surface area (TPSA) is 53.9 Å². The molecular weight excluding hydrogens is 517 g/mol. The van der Waals surface area contributed by atoms with Crippen molar-refractivity contribution in [2.24, 2.45) is 0 Å². The summed E-state index contributed by atoms with van der Waals surface area (Å²) in [4.78, 5) is 11.8. The van der Waals surface area contributed by atoms with Gasteiger partial charge in [0.1, 0.15) is 17.5 Å². The maximum atomic E-state index is 13.8. The van der Waals surface area contributed by atoms with Crippen LogP contribution in [-0.2, 0) is 18.5 Å². The number of halogens is 10. The van der Waals surface area contributed by atoms with E-state index in [-0.39, 0.29) is 22.0 Å². The van der Waals surface area contributed by atoms with E-state index in [0.29, 0.717) is 18.3 Å². The Labute approximate surface area is 195 Å². The van der Waals surface area contributed by atoms with Crippen LogP contribution in [0.5, 0.6) is 0 Å². The third-order valence-electron chi connectivity index (χ3n) is 5.09. The Morgan fingerprint density at radius 3 is 2.11 bits per heavy atom. The van der Waals surface area contributed by atoms with E-state index in [4.69, 9.17) is 11.6 Å².